The fourth-order valence-corrected chi connectivity index (χ4v) is 2.16. The van der Waals surface area contributed by atoms with Gasteiger partial charge in [0.05, 0.1) is 0 Å². The summed E-state index contributed by atoms with van der Waals surface area (Å²) in [7, 11) is 0. The number of hydrogen-bond donors (Lipinski definition) is 1. The fourth-order valence-electron chi connectivity index (χ4n) is 1.21. The average molecular weight is 231 g/mol. The van der Waals surface area contributed by atoms with Crippen molar-refractivity contribution in [2.24, 2.45) is 0 Å². The highest BCUT2D eigenvalue weighted by Gasteiger charge is 2.06. The third kappa shape index (κ3) is 4.18. The second-order valence-electron chi connectivity index (χ2n) is 3.34. The minimum absolute atomic E-state index is 0.294. The van der Waals surface area contributed by atoms with Gasteiger partial charge in [0.1, 0.15) is 11.6 Å². The molecule has 1 aromatic rings. The molecule has 1 rings (SSSR count). The third-order valence-electron chi connectivity index (χ3n) is 1.93. The zero-order valence-corrected chi connectivity index (χ0v) is 9.70. The van der Waals surface area contributed by atoms with E-state index in [2.05, 4.69) is 5.32 Å². The lowest BCUT2D eigenvalue weighted by molar-refractivity contribution is 0.576. The molecule has 0 amide bonds. The Kier molecular flexibility index (Phi) is 5.05. The maximum Gasteiger partial charge on any atom is 0.136 e. The van der Waals surface area contributed by atoms with Crippen LogP contribution in [0.15, 0.2) is 23.1 Å². The molecule has 1 nitrogen and oxygen atoms in total. The molecule has 84 valence electrons. The van der Waals surface area contributed by atoms with E-state index in [1.807, 2.05) is 13.8 Å². The van der Waals surface area contributed by atoms with Gasteiger partial charge in [0.2, 0.25) is 0 Å². The minimum Gasteiger partial charge on any atom is -0.314 e. The highest BCUT2D eigenvalue weighted by Crippen LogP contribution is 2.23. The number of hydrogen-bond acceptors (Lipinski definition) is 2. The molecule has 0 saturated heterocycles. The van der Waals surface area contributed by atoms with Gasteiger partial charge in [-0.05, 0) is 31.7 Å². The number of rotatable bonds is 5. The molecule has 0 radical (unpaired) electrons. The summed E-state index contributed by atoms with van der Waals surface area (Å²) in [6.45, 7) is 4.92. The Balaban J connectivity index is 2.53. The van der Waals surface area contributed by atoms with Crippen LogP contribution in [0.2, 0.25) is 0 Å². The van der Waals surface area contributed by atoms with Gasteiger partial charge in [0.15, 0.2) is 0 Å². The number of halogens is 2. The molecule has 1 unspecified atom stereocenters. The molecule has 0 heterocycles. The summed E-state index contributed by atoms with van der Waals surface area (Å²) in [5.41, 5.74) is 0. The van der Waals surface area contributed by atoms with Gasteiger partial charge in [-0.2, -0.15) is 0 Å². The second-order valence-corrected chi connectivity index (χ2v) is 4.41. The molecule has 0 fully saturated rings. The van der Waals surface area contributed by atoms with Gasteiger partial charge in [-0.1, -0.05) is 6.92 Å². The highest BCUT2D eigenvalue weighted by molar-refractivity contribution is 7.99. The lowest BCUT2D eigenvalue weighted by Crippen LogP contribution is -2.27. The first kappa shape index (κ1) is 12.5. The highest BCUT2D eigenvalue weighted by atomic mass is 32.2. The van der Waals surface area contributed by atoms with E-state index in [0.717, 1.165) is 24.4 Å². The second kappa shape index (κ2) is 6.08. The summed E-state index contributed by atoms with van der Waals surface area (Å²) in [6.07, 6.45) is 0. The summed E-state index contributed by atoms with van der Waals surface area (Å²) in [6, 6.07) is 3.82. The van der Waals surface area contributed by atoms with Gasteiger partial charge in [-0.3, -0.25) is 0 Å². The molecule has 0 bridgehead atoms. The quantitative estimate of drug-likeness (QED) is 0.782. The van der Waals surface area contributed by atoms with E-state index in [1.54, 1.807) is 0 Å². The maximum absolute atomic E-state index is 13.2. The van der Waals surface area contributed by atoms with Crippen LogP contribution < -0.4 is 5.32 Å². The Morgan fingerprint density at radius 2 is 2.13 bits per heavy atom. The smallest absolute Gasteiger partial charge is 0.136 e. The summed E-state index contributed by atoms with van der Waals surface area (Å²) in [4.78, 5) is 0.375. The SMILES string of the molecule is CCNC(C)CSc1cc(F)ccc1F. The Morgan fingerprint density at radius 3 is 2.80 bits per heavy atom. The van der Waals surface area contributed by atoms with Crippen LogP contribution in [0.4, 0.5) is 8.78 Å². The van der Waals surface area contributed by atoms with E-state index < -0.39 is 5.82 Å². The normalized spacial score (nSPS) is 12.8. The largest absolute Gasteiger partial charge is 0.314 e. The van der Waals surface area contributed by atoms with E-state index in [0.29, 0.717) is 10.9 Å². The molecule has 15 heavy (non-hydrogen) atoms. The van der Waals surface area contributed by atoms with Gasteiger partial charge in [0.25, 0.3) is 0 Å². The third-order valence-corrected chi connectivity index (χ3v) is 3.23. The predicted molar refractivity (Wildman–Crippen MR) is 60.2 cm³/mol. The summed E-state index contributed by atoms with van der Waals surface area (Å²) in [5.74, 6) is -0.0195. The molecule has 1 aromatic carbocycles. The van der Waals surface area contributed by atoms with Crippen LogP contribution in [-0.2, 0) is 0 Å². The molecule has 0 aliphatic rings. The van der Waals surface area contributed by atoms with Crippen molar-refractivity contribution in [3.8, 4) is 0 Å². The molecule has 0 aromatic heterocycles. The van der Waals surface area contributed by atoms with Gasteiger partial charge in [0, 0.05) is 16.7 Å². The van der Waals surface area contributed by atoms with Crippen molar-refractivity contribution >= 4 is 11.8 Å². The fraction of sp³-hybridized carbons (Fsp3) is 0.455. The van der Waals surface area contributed by atoms with Crippen LogP contribution in [0.3, 0.4) is 0 Å². The van der Waals surface area contributed by atoms with Crippen molar-refractivity contribution in [3.05, 3.63) is 29.8 Å². The zero-order valence-electron chi connectivity index (χ0n) is 8.89. The van der Waals surface area contributed by atoms with Crippen molar-refractivity contribution in [2.75, 3.05) is 12.3 Å². The molecule has 0 aliphatic carbocycles. The van der Waals surface area contributed by atoms with E-state index >= 15 is 0 Å². The monoisotopic (exact) mass is 231 g/mol. The number of thioether (sulfide) groups is 1. The zero-order chi connectivity index (χ0) is 11.3. The molecule has 1 N–H and O–H groups in total. The van der Waals surface area contributed by atoms with Crippen molar-refractivity contribution in [2.45, 2.75) is 24.8 Å². The average Bonchev–Trinajstić information content (AvgIpc) is 2.20. The molecular formula is C11H15F2NS. The lowest BCUT2D eigenvalue weighted by Gasteiger charge is -2.11. The number of benzene rings is 1. The molecule has 0 saturated carbocycles. The van der Waals surface area contributed by atoms with E-state index in [-0.39, 0.29) is 5.82 Å². The molecule has 0 spiro atoms. The van der Waals surface area contributed by atoms with E-state index in [9.17, 15) is 8.78 Å². The van der Waals surface area contributed by atoms with Crippen LogP contribution in [0, 0.1) is 11.6 Å². The maximum atomic E-state index is 13.2. The Hall–Kier alpha value is -0.610. The van der Waals surface area contributed by atoms with Crippen LogP contribution in [0.1, 0.15) is 13.8 Å². The molecule has 4 heteroatoms. The Labute approximate surface area is 93.3 Å². The first-order chi connectivity index (χ1) is 7.13. The van der Waals surface area contributed by atoms with Crippen molar-refractivity contribution in [3.63, 3.8) is 0 Å². The lowest BCUT2D eigenvalue weighted by atomic mass is 10.3. The summed E-state index contributed by atoms with van der Waals surface area (Å²) >= 11 is 1.33. The molecular weight excluding hydrogens is 216 g/mol. The van der Waals surface area contributed by atoms with Gasteiger partial charge in [-0.25, -0.2) is 8.78 Å². The van der Waals surface area contributed by atoms with E-state index in [1.165, 1.54) is 17.8 Å². The topological polar surface area (TPSA) is 12.0 Å². The molecule has 1 atom stereocenters. The van der Waals surface area contributed by atoms with Gasteiger partial charge >= 0.3 is 0 Å². The van der Waals surface area contributed by atoms with Gasteiger partial charge in [-0.15, -0.1) is 11.8 Å². The van der Waals surface area contributed by atoms with Crippen LogP contribution in [0.5, 0.6) is 0 Å². The van der Waals surface area contributed by atoms with Crippen LogP contribution in [0.25, 0.3) is 0 Å². The Bertz CT molecular complexity index is 317. The number of nitrogens with one attached hydrogen (secondary N) is 1. The standard InChI is InChI=1S/C11H15F2NS/c1-3-14-8(2)7-15-11-6-9(12)4-5-10(11)13/h4-6,8,14H,3,7H2,1-2H3. The Morgan fingerprint density at radius 1 is 1.40 bits per heavy atom. The minimum atomic E-state index is -0.394. The predicted octanol–water partition coefficient (Wildman–Crippen LogP) is 3.05. The van der Waals surface area contributed by atoms with Crippen molar-refractivity contribution in [1.29, 1.82) is 0 Å². The van der Waals surface area contributed by atoms with Crippen LogP contribution >= 0.6 is 11.8 Å². The first-order valence-corrected chi connectivity index (χ1v) is 5.93. The summed E-state index contributed by atoms with van der Waals surface area (Å²) < 4.78 is 26.0. The molecule has 0 aliphatic heterocycles. The van der Waals surface area contributed by atoms with Crippen molar-refractivity contribution in [1.82, 2.24) is 5.32 Å². The van der Waals surface area contributed by atoms with E-state index in [4.69, 9.17) is 0 Å². The summed E-state index contributed by atoms with van der Waals surface area (Å²) in [5, 5.41) is 3.21. The van der Waals surface area contributed by atoms with Gasteiger partial charge < -0.3 is 5.32 Å². The first-order valence-electron chi connectivity index (χ1n) is 4.94. The van der Waals surface area contributed by atoms with Crippen molar-refractivity contribution < 1.29 is 8.78 Å². The van der Waals surface area contributed by atoms with Crippen LogP contribution in [-0.4, -0.2) is 18.3 Å².